The highest BCUT2D eigenvalue weighted by atomic mass is 79.9. The van der Waals surface area contributed by atoms with E-state index in [9.17, 15) is 9.90 Å². The third-order valence-corrected chi connectivity index (χ3v) is 3.04. The van der Waals surface area contributed by atoms with Gasteiger partial charge in [0.05, 0.1) is 11.5 Å². The minimum absolute atomic E-state index is 0.233. The second-order valence-corrected chi connectivity index (χ2v) is 6.11. The number of benzene rings is 1. The third-order valence-electron chi connectivity index (χ3n) is 2.51. The molecule has 3 nitrogen and oxygen atoms in total. The van der Waals surface area contributed by atoms with Gasteiger partial charge in [-0.15, -0.1) is 0 Å². The number of ether oxygens (including phenoxy) is 1. The van der Waals surface area contributed by atoms with Gasteiger partial charge in [0.1, 0.15) is 0 Å². The van der Waals surface area contributed by atoms with E-state index in [0.717, 1.165) is 10.0 Å². The molecule has 0 aliphatic rings. The van der Waals surface area contributed by atoms with Gasteiger partial charge in [-0.1, -0.05) is 28.1 Å². The van der Waals surface area contributed by atoms with Crippen molar-refractivity contribution in [2.75, 3.05) is 6.61 Å². The number of hydrogen-bond donors (Lipinski definition) is 1. The number of rotatable bonds is 5. The summed E-state index contributed by atoms with van der Waals surface area (Å²) in [6.45, 7) is 6.32. The normalized spacial score (nSPS) is 13.3. The van der Waals surface area contributed by atoms with Crippen LogP contribution in [-0.4, -0.2) is 23.3 Å². The van der Waals surface area contributed by atoms with Crippen LogP contribution in [0.5, 0.6) is 0 Å². The Morgan fingerprint density at radius 1 is 1.33 bits per heavy atom. The number of carbonyl (C=O) groups is 1. The molecule has 1 aromatic carbocycles. The third kappa shape index (κ3) is 5.19. The van der Waals surface area contributed by atoms with Crippen molar-refractivity contribution in [3.05, 3.63) is 34.3 Å². The first-order valence-electron chi connectivity index (χ1n) is 5.92. The minimum Gasteiger partial charge on any atom is -0.481 e. The van der Waals surface area contributed by atoms with Crippen LogP contribution in [0.15, 0.2) is 28.7 Å². The first-order chi connectivity index (χ1) is 8.29. The van der Waals surface area contributed by atoms with Gasteiger partial charge in [0.2, 0.25) is 0 Å². The van der Waals surface area contributed by atoms with Gasteiger partial charge in [-0.3, -0.25) is 4.79 Å². The van der Waals surface area contributed by atoms with Crippen LogP contribution in [0, 0.1) is 0 Å². The number of carboxylic acids is 1. The molecule has 0 radical (unpaired) electrons. The SMILES string of the molecule is CC(C)(C)OCCC(C(=O)O)c1ccc(Br)cc1. The fourth-order valence-corrected chi connectivity index (χ4v) is 1.88. The number of carboxylic acid groups (broad SMARTS) is 1. The number of aliphatic carboxylic acids is 1. The molecule has 18 heavy (non-hydrogen) atoms. The van der Waals surface area contributed by atoms with Gasteiger partial charge in [-0.2, -0.15) is 0 Å². The molecule has 100 valence electrons. The molecule has 0 aliphatic heterocycles. The quantitative estimate of drug-likeness (QED) is 0.898. The van der Waals surface area contributed by atoms with Crippen LogP contribution in [0.3, 0.4) is 0 Å². The fraction of sp³-hybridized carbons (Fsp3) is 0.500. The van der Waals surface area contributed by atoms with Gasteiger partial charge in [0.15, 0.2) is 0 Å². The predicted octanol–water partition coefficient (Wildman–Crippen LogP) is 3.82. The fourth-order valence-electron chi connectivity index (χ4n) is 1.61. The summed E-state index contributed by atoms with van der Waals surface area (Å²) in [5, 5.41) is 9.26. The lowest BCUT2D eigenvalue weighted by molar-refractivity contribution is -0.139. The van der Waals surface area contributed by atoms with E-state index in [0.29, 0.717) is 13.0 Å². The Balaban J connectivity index is 2.66. The van der Waals surface area contributed by atoms with Crippen LogP contribution in [-0.2, 0) is 9.53 Å². The summed E-state index contributed by atoms with van der Waals surface area (Å²) < 4.78 is 6.53. The Labute approximate surface area is 116 Å². The van der Waals surface area contributed by atoms with Crippen molar-refractivity contribution >= 4 is 21.9 Å². The zero-order valence-electron chi connectivity index (χ0n) is 10.9. The van der Waals surface area contributed by atoms with Crippen molar-refractivity contribution in [3.8, 4) is 0 Å². The molecule has 0 spiro atoms. The molecule has 1 rings (SSSR count). The van der Waals surface area contributed by atoms with Crippen LogP contribution in [0.1, 0.15) is 38.7 Å². The monoisotopic (exact) mass is 314 g/mol. The van der Waals surface area contributed by atoms with E-state index in [2.05, 4.69) is 15.9 Å². The van der Waals surface area contributed by atoms with E-state index in [-0.39, 0.29) is 5.60 Å². The molecule has 0 bridgehead atoms. The summed E-state index contributed by atoms with van der Waals surface area (Å²) in [5.41, 5.74) is 0.575. The molecule has 0 fully saturated rings. The highest BCUT2D eigenvalue weighted by molar-refractivity contribution is 9.10. The standard InChI is InChI=1S/C14H19BrO3/c1-14(2,3)18-9-8-12(13(16)17)10-4-6-11(15)7-5-10/h4-7,12H,8-9H2,1-3H3,(H,16,17). The number of halogens is 1. The second-order valence-electron chi connectivity index (χ2n) is 5.19. The van der Waals surface area contributed by atoms with E-state index < -0.39 is 11.9 Å². The van der Waals surface area contributed by atoms with Crippen LogP contribution < -0.4 is 0 Å². The molecule has 0 aromatic heterocycles. The smallest absolute Gasteiger partial charge is 0.311 e. The van der Waals surface area contributed by atoms with Gasteiger partial charge in [-0.25, -0.2) is 0 Å². The summed E-state index contributed by atoms with van der Waals surface area (Å²) in [5.74, 6) is -1.32. The molecule has 0 saturated carbocycles. The summed E-state index contributed by atoms with van der Waals surface area (Å²) in [6, 6.07) is 7.38. The lowest BCUT2D eigenvalue weighted by Gasteiger charge is -2.21. The van der Waals surface area contributed by atoms with E-state index in [4.69, 9.17) is 4.74 Å². The lowest BCUT2D eigenvalue weighted by Crippen LogP contribution is -2.22. The molecule has 0 aliphatic carbocycles. The van der Waals surface area contributed by atoms with E-state index in [1.54, 1.807) is 0 Å². The van der Waals surface area contributed by atoms with Crippen molar-refractivity contribution in [1.29, 1.82) is 0 Å². The Bertz CT molecular complexity index is 392. The molecular formula is C14H19BrO3. The molecule has 0 heterocycles. The molecular weight excluding hydrogens is 296 g/mol. The molecule has 0 amide bonds. The van der Waals surface area contributed by atoms with Crippen molar-refractivity contribution in [3.63, 3.8) is 0 Å². The van der Waals surface area contributed by atoms with E-state index in [1.165, 1.54) is 0 Å². The summed E-state index contributed by atoms with van der Waals surface area (Å²) in [4.78, 5) is 11.3. The first-order valence-corrected chi connectivity index (χ1v) is 6.71. The molecule has 1 unspecified atom stereocenters. The highest BCUT2D eigenvalue weighted by Gasteiger charge is 2.20. The van der Waals surface area contributed by atoms with Gasteiger partial charge in [-0.05, 0) is 44.9 Å². The molecule has 1 aromatic rings. The molecule has 0 saturated heterocycles. The zero-order valence-corrected chi connectivity index (χ0v) is 12.5. The van der Waals surface area contributed by atoms with E-state index in [1.807, 2.05) is 45.0 Å². The Morgan fingerprint density at radius 2 is 1.89 bits per heavy atom. The first kappa shape index (κ1) is 15.2. The zero-order chi connectivity index (χ0) is 13.8. The average Bonchev–Trinajstić information content (AvgIpc) is 2.24. The maximum absolute atomic E-state index is 11.3. The summed E-state index contributed by atoms with van der Waals surface area (Å²) in [6.07, 6.45) is 0.480. The predicted molar refractivity (Wildman–Crippen MR) is 74.8 cm³/mol. The van der Waals surface area contributed by atoms with Crippen LogP contribution in [0.25, 0.3) is 0 Å². The Kier molecular flexibility index (Phi) is 5.35. The average molecular weight is 315 g/mol. The Hall–Kier alpha value is -0.870. The van der Waals surface area contributed by atoms with Crippen molar-refractivity contribution in [2.24, 2.45) is 0 Å². The molecule has 1 atom stereocenters. The Morgan fingerprint density at radius 3 is 2.33 bits per heavy atom. The minimum atomic E-state index is -0.810. The van der Waals surface area contributed by atoms with Crippen molar-refractivity contribution < 1.29 is 14.6 Å². The van der Waals surface area contributed by atoms with Gasteiger partial charge in [0, 0.05) is 11.1 Å². The highest BCUT2D eigenvalue weighted by Crippen LogP contribution is 2.23. The van der Waals surface area contributed by atoms with Gasteiger partial charge < -0.3 is 9.84 Å². The maximum Gasteiger partial charge on any atom is 0.311 e. The summed E-state index contributed by atoms with van der Waals surface area (Å²) >= 11 is 3.34. The topological polar surface area (TPSA) is 46.5 Å². The van der Waals surface area contributed by atoms with Crippen molar-refractivity contribution in [1.82, 2.24) is 0 Å². The van der Waals surface area contributed by atoms with Gasteiger partial charge in [0.25, 0.3) is 0 Å². The second kappa shape index (κ2) is 6.34. The van der Waals surface area contributed by atoms with Gasteiger partial charge >= 0.3 is 5.97 Å². The summed E-state index contributed by atoms with van der Waals surface area (Å²) in [7, 11) is 0. The van der Waals surface area contributed by atoms with Crippen molar-refractivity contribution in [2.45, 2.75) is 38.7 Å². The molecule has 1 N–H and O–H groups in total. The number of hydrogen-bond acceptors (Lipinski definition) is 2. The van der Waals surface area contributed by atoms with Crippen LogP contribution in [0.2, 0.25) is 0 Å². The van der Waals surface area contributed by atoms with Crippen LogP contribution in [0.4, 0.5) is 0 Å². The largest absolute Gasteiger partial charge is 0.481 e. The maximum atomic E-state index is 11.3. The van der Waals surface area contributed by atoms with E-state index >= 15 is 0 Å². The lowest BCUT2D eigenvalue weighted by atomic mass is 9.96. The van der Waals surface area contributed by atoms with Crippen LogP contribution >= 0.6 is 15.9 Å². The molecule has 4 heteroatoms.